The summed E-state index contributed by atoms with van der Waals surface area (Å²) in [6.45, 7) is 0.734. The lowest BCUT2D eigenvalue weighted by Gasteiger charge is -2.28. The van der Waals surface area contributed by atoms with Crippen LogP contribution in [0.2, 0.25) is 0 Å². The van der Waals surface area contributed by atoms with Gasteiger partial charge in [-0.15, -0.1) is 4.28 Å². The van der Waals surface area contributed by atoms with Crippen molar-refractivity contribution in [2.75, 3.05) is 13.1 Å². The first-order valence-corrected chi connectivity index (χ1v) is 8.18. The molecule has 0 aromatic carbocycles. The van der Waals surface area contributed by atoms with E-state index in [4.69, 9.17) is 14.8 Å². The predicted octanol–water partition coefficient (Wildman–Crippen LogP) is -0.149. The minimum atomic E-state index is -4.73. The first-order valence-electron chi connectivity index (χ1n) is 6.81. The van der Waals surface area contributed by atoms with E-state index in [-0.39, 0.29) is 6.04 Å². The van der Waals surface area contributed by atoms with E-state index in [2.05, 4.69) is 9.44 Å². The van der Waals surface area contributed by atoms with E-state index in [9.17, 15) is 13.2 Å². The van der Waals surface area contributed by atoms with Gasteiger partial charge in [0.25, 0.3) is 0 Å². The van der Waals surface area contributed by atoms with Gasteiger partial charge in [0.15, 0.2) is 0 Å². The highest BCUT2D eigenvalue weighted by atomic mass is 32.3. The molecule has 0 radical (unpaired) electrons. The van der Waals surface area contributed by atoms with Crippen LogP contribution in [0.3, 0.4) is 0 Å². The maximum atomic E-state index is 12.3. The number of rotatable bonds is 5. The Kier molecular flexibility index (Phi) is 3.80. The van der Waals surface area contributed by atoms with Gasteiger partial charge in [-0.2, -0.15) is 13.5 Å². The lowest BCUT2D eigenvalue weighted by Crippen LogP contribution is -2.35. The molecule has 0 spiro atoms. The topological polar surface area (TPSA) is 139 Å². The van der Waals surface area contributed by atoms with E-state index in [1.807, 2.05) is 0 Å². The molecule has 1 aromatic heterocycles. The maximum Gasteiger partial charge on any atom is 0.418 e. The van der Waals surface area contributed by atoms with Crippen molar-refractivity contribution >= 4 is 16.4 Å². The van der Waals surface area contributed by atoms with E-state index in [1.165, 1.54) is 4.90 Å². The summed E-state index contributed by atoms with van der Waals surface area (Å²) in [4.78, 5) is 13.7. The molecule has 2 aliphatic rings. The molecule has 0 aliphatic carbocycles. The van der Waals surface area contributed by atoms with Crippen LogP contribution in [-0.4, -0.2) is 53.3 Å². The number of urea groups is 1. The lowest BCUT2D eigenvalue weighted by molar-refractivity contribution is -0.0317. The number of carbonyl (C=O) groups is 1. The fraction of sp³-hybridized carbons (Fsp3) is 0.636. The van der Waals surface area contributed by atoms with Crippen molar-refractivity contribution in [2.24, 2.45) is 5.73 Å². The third kappa shape index (κ3) is 2.79. The van der Waals surface area contributed by atoms with Gasteiger partial charge in [0.1, 0.15) is 11.5 Å². The largest absolute Gasteiger partial charge is 0.418 e. The molecule has 2 amide bonds. The van der Waals surface area contributed by atoms with Gasteiger partial charge in [0.05, 0.1) is 12.1 Å². The van der Waals surface area contributed by atoms with Crippen molar-refractivity contribution in [1.82, 2.24) is 15.1 Å². The van der Waals surface area contributed by atoms with Gasteiger partial charge >= 0.3 is 16.4 Å². The summed E-state index contributed by atoms with van der Waals surface area (Å²) in [6.07, 6.45) is 1.67. The Bertz CT molecular complexity index is 674. The van der Waals surface area contributed by atoms with E-state index in [0.717, 1.165) is 0 Å². The number of nitrogens with two attached hydrogens (primary N) is 1. The second-order valence-electron chi connectivity index (χ2n) is 5.27. The Balaban J connectivity index is 1.79. The number of nitrogens with zero attached hydrogens (tertiary/aromatic N) is 3. The number of piperidine rings is 1. The standard InChI is InChI=1S/C11H16N4O6S/c12-4-3-8-5-9(13-20-8)10-2-1-7-6-14(10)11(16)15(7)21-22(17,18)19/h5,7,10H,1-4,6,12H2,(H,17,18,19)/t7-,10-/m0/s1. The van der Waals surface area contributed by atoms with Crippen LogP contribution in [0.4, 0.5) is 4.79 Å². The fourth-order valence-corrected chi connectivity index (χ4v) is 3.27. The Hall–Kier alpha value is -1.69. The average molecular weight is 332 g/mol. The number of hydroxylamine groups is 2. The molecule has 1 aromatic rings. The van der Waals surface area contributed by atoms with E-state index in [1.54, 1.807) is 6.07 Å². The Morgan fingerprint density at radius 3 is 2.95 bits per heavy atom. The van der Waals surface area contributed by atoms with Crippen LogP contribution in [-0.2, 0) is 21.1 Å². The molecule has 3 rings (SSSR count). The summed E-state index contributed by atoms with van der Waals surface area (Å²) in [5.74, 6) is 0.636. The molecular formula is C11H16N4O6S. The van der Waals surface area contributed by atoms with Crippen molar-refractivity contribution in [3.05, 3.63) is 17.5 Å². The van der Waals surface area contributed by atoms with E-state index >= 15 is 0 Å². The number of amides is 2. The zero-order valence-electron chi connectivity index (χ0n) is 11.6. The molecule has 11 heteroatoms. The van der Waals surface area contributed by atoms with E-state index in [0.29, 0.717) is 48.9 Å². The highest BCUT2D eigenvalue weighted by Crippen LogP contribution is 2.38. The molecule has 122 valence electrons. The smallest absolute Gasteiger partial charge is 0.361 e. The molecule has 10 nitrogen and oxygen atoms in total. The summed E-state index contributed by atoms with van der Waals surface area (Å²) in [6, 6.07) is 0.404. The second-order valence-corrected chi connectivity index (χ2v) is 6.27. The number of fused-ring (bicyclic) bond motifs is 2. The third-order valence-electron chi connectivity index (χ3n) is 3.81. The van der Waals surface area contributed by atoms with Gasteiger partial charge in [-0.05, 0) is 19.4 Å². The molecule has 3 N–H and O–H groups in total. The average Bonchev–Trinajstić information content (AvgIpc) is 2.99. The van der Waals surface area contributed by atoms with Crippen LogP contribution in [0.15, 0.2) is 10.6 Å². The van der Waals surface area contributed by atoms with Crippen LogP contribution >= 0.6 is 0 Å². The fourth-order valence-electron chi connectivity index (χ4n) is 2.89. The number of aromatic nitrogens is 1. The molecule has 2 aliphatic heterocycles. The van der Waals surface area contributed by atoms with Crippen LogP contribution in [0.5, 0.6) is 0 Å². The number of hydrogen-bond acceptors (Lipinski definition) is 7. The summed E-state index contributed by atoms with van der Waals surface area (Å²) in [5, 5.41) is 4.66. The van der Waals surface area contributed by atoms with Gasteiger partial charge in [0.2, 0.25) is 0 Å². The summed E-state index contributed by atoms with van der Waals surface area (Å²) < 4.78 is 39.9. The lowest BCUT2D eigenvalue weighted by atomic mass is 9.98. The zero-order valence-corrected chi connectivity index (χ0v) is 12.4. The van der Waals surface area contributed by atoms with Gasteiger partial charge < -0.3 is 15.2 Å². The van der Waals surface area contributed by atoms with Crippen molar-refractivity contribution in [3.63, 3.8) is 0 Å². The monoisotopic (exact) mass is 332 g/mol. The maximum absolute atomic E-state index is 12.3. The van der Waals surface area contributed by atoms with Gasteiger partial charge in [-0.3, -0.25) is 4.55 Å². The van der Waals surface area contributed by atoms with Crippen molar-refractivity contribution in [3.8, 4) is 0 Å². The normalized spacial score (nSPS) is 25.1. The first kappa shape index (κ1) is 15.2. The summed E-state index contributed by atoms with van der Waals surface area (Å²) >= 11 is 0. The Labute approximate surface area is 126 Å². The van der Waals surface area contributed by atoms with Crippen LogP contribution in [0, 0.1) is 0 Å². The first-order chi connectivity index (χ1) is 10.4. The molecule has 3 heterocycles. The SMILES string of the molecule is NCCc1cc([C@@H]2CC[C@H]3CN2C(=O)N3OS(=O)(=O)O)no1. The Morgan fingerprint density at radius 1 is 1.50 bits per heavy atom. The molecule has 0 unspecified atom stereocenters. The molecule has 22 heavy (non-hydrogen) atoms. The number of hydrogen-bond donors (Lipinski definition) is 2. The third-order valence-corrected chi connectivity index (χ3v) is 4.16. The molecular weight excluding hydrogens is 316 g/mol. The van der Waals surface area contributed by atoms with Crippen molar-refractivity contribution < 1.29 is 26.6 Å². The highest BCUT2D eigenvalue weighted by Gasteiger charge is 2.48. The second kappa shape index (κ2) is 5.50. The summed E-state index contributed by atoms with van der Waals surface area (Å²) in [7, 11) is -4.73. The van der Waals surface area contributed by atoms with E-state index < -0.39 is 22.5 Å². The van der Waals surface area contributed by atoms with Crippen LogP contribution < -0.4 is 5.73 Å². The van der Waals surface area contributed by atoms with Gasteiger partial charge in [0, 0.05) is 19.0 Å². The molecule has 2 atom stereocenters. The van der Waals surface area contributed by atoms with Gasteiger partial charge in [-0.25, -0.2) is 4.79 Å². The highest BCUT2D eigenvalue weighted by molar-refractivity contribution is 7.80. The predicted molar refractivity (Wildman–Crippen MR) is 71.6 cm³/mol. The minimum Gasteiger partial charge on any atom is -0.361 e. The van der Waals surface area contributed by atoms with Gasteiger partial charge in [-0.1, -0.05) is 5.16 Å². The van der Waals surface area contributed by atoms with Crippen molar-refractivity contribution in [1.29, 1.82) is 0 Å². The molecule has 2 saturated heterocycles. The zero-order chi connectivity index (χ0) is 15.9. The molecule has 0 saturated carbocycles. The molecule has 2 fully saturated rings. The molecule has 2 bridgehead atoms. The summed E-state index contributed by atoms with van der Waals surface area (Å²) in [5.41, 5.74) is 6.05. The quantitative estimate of drug-likeness (QED) is 0.710. The Morgan fingerprint density at radius 2 is 2.27 bits per heavy atom. The van der Waals surface area contributed by atoms with Crippen molar-refractivity contribution in [2.45, 2.75) is 31.3 Å². The number of carbonyl (C=O) groups excluding carboxylic acids is 1. The minimum absolute atomic E-state index is 0.304. The van der Waals surface area contributed by atoms with Crippen LogP contribution in [0.25, 0.3) is 0 Å². The van der Waals surface area contributed by atoms with Crippen LogP contribution in [0.1, 0.15) is 30.3 Å².